The summed E-state index contributed by atoms with van der Waals surface area (Å²) in [6.45, 7) is 2.68. The van der Waals surface area contributed by atoms with E-state index in [4.69, 9.17) is 0 Å². The number of hydrogen-bond acceptors (Lipinski definition) is 2. The van der Waals surface area contributed by atoms with Crippen molar-refractivity contribution in [2.24, 2.45) is 5.92 Å². The van der Waals surface area contributed by atoms with Gasteiger partial charge < -0.3 is 10.4 Å². The fraction of sp³-hybridized carbons (Fsp3) is 0.462. The number of halogens is 2. The third-order valence-corrected chi connectivity index (χ3v) is 3.73. The van der Waals surface area contributed by atoms with Gasteiger partial charge in [-0.05, 0) is 30.9 Å². The molecule has 5 heteroatoms. The fourth-order valence-electron chi connectivity index (χ4n) is 1.52. The number of amides is 1. The number of rotatable bonds is 6. The molecule has 0 saturated carbocycles. The Morgan fingerprint density at radius 3 is 2.89 bits per heavy atom. The first-order valence-corrected chi connectivity index (χ1v) is 6.99. The largest absolute Gasteiger partial charge is 0.507 e. The summed E-state index contributed by atoms with van der Waals surface area (Å²) in [5.74, 6) is -0.698. The second-order valence-electron chi connectivity index (χ2n) is 4.32. The minimum absolute atomic E-state index is 0.102. The smallest absolute Gasteiger partial charge is 0.255 e. The molecule has 0 aliphatic heterocycles. The van der Waals surface area contributed by atoms with E-state index in [0.29, 0.717) is 12.5 Å². The average molecular weight is 318 g/mol. The van der Waals surface area contributed by atoms with Crippen LogP contribution in [-0.4, -0.2) is 22.9 Å². The molecule has 100 valence electrons. The molecule has 0 heterocycles. The van der Waals surface area contributed by atoms with Gasteiger partial charge >= 0.3 is 0 Å². The molecule has 3 nitrogen and oxygen atoms in total. The van der Waals surface area contributed by atoms with Crippen LogP contribution in [0.15, 0.2) is 18.2 Å². The summed E-state index contributed by atoms with van der Waals surface area (Å²) in [4.78, 5) is 11.7. The third kappa shape index (κ3) is 4.64. The second kappa shape index (κ2) is 7.36. The van der Waals surface area contributed by atoms with Crippen molar-refractivity contribution in [3.8, 4) is 5.75 Å². The van der Waals surface area contributed by atoms with Crippen LogP contribution in [0.1, 0.15) is 30.1 Å². The van der Waals surface area contributed by atoms with E-state index in [1.807, 2.05) is 0 Å². The zero-order valence-corrected chi connectivity index (χ0v) is 11.8. The van der Waals surface area contributed by atoms with Gasteiger partial charge in [-0.1, -0.05) is 22.9 Å². The van der Waals surface area contributed by atoms with Gasteiger partial charge in [0.25, 0.3) is 5.91 Å². The van der Waals surface area contributed by atoms with Crippen molar-refractivity contribution < 1.29 is 14.3 Å². The molecule has 0 aliphatic rings. The zero-order chi connectivity index (χ0) is 13.5. The normalized spacial score (nSPS) is 12.2. The van der Waals surface area contributed by atoms with Gasteiger partial charge in [-0.2, -0.15) is 0 Å². The Labute approximate surface area is 115 Å². The number of phenols is 1. The van der Waals surface area contributed by atoms with E-state index in [1.165, 1.54) is 6.07 Å². The van der Waals surface area contributed by atoms with Crippen molar-refractivity contribution in [2.75, 3.05) is 11.9 Å². The van der Waals surface area contributed by atoms with E-state index in [0.717, 1.165) is 30.3 Å². The molecule has 0 aromatic heterocycles. The summed E-state index contributed by atoms with van der Waals surface area (Å²) in [6.07, 6.45) is 1.89. The number of carbonyl (C=O) groups is 1. The lowest BCUT2D eigenvalue weighted by Gasteiger charge is -2.09. The predicted octanol–water partition coefficient (Wildman–Crippen LogP) is 3.07. The minimum Gasteiger partial charge on any atom is -0.507 e. The Hall–Kier alpha value is -1.10. The SMILES string of the molecule is CC(CBr)CCCNC(=O)c1ccc(F)cc1O. The number of carbonyl (C=O) groups excluding carboxylic acids is 1. The lowest BCUT2D eigenvalue weighted by Crippen LogP contribution is -2.24. The lowest BCUT2D eigenvalue weighted by molar-refractivity contribution is 0.0950. The molecule has 1 unspecified atom stereocenters. The topological polar surface area (TPSA) is 49.3 Å². The van der Waals surface area contributed by atoms with Crippen molar-refractivity contribution >= 4 is 21.8 Å². The summed E-state index contributed by atoms with van der Waals surface area (Å²) in [5, 5.41) is 13.1. The second-order valence-corrected chi connectivity index (χ2v) is 4.97. The van der Waals surface area contributed by atoms with Crippen LogP contribution in [0.4, 0.5) is 4.39 Å². The van der Waals surface area contributed by atoms with Gasteiger partial charge in [0.2, 0.25) is 0 Å². The number of hydrogen-bond donors (Lipinski definition) is 2. The van der Waals surface area contributed by atoms with Crippen LogP contribution in [0.2, 0.25) is 0 Å². The van der Waals surface area contributed by atoms with Crippen LogP contribution in [0.3, 0.4) is 0 Å². The van der Waals surface area contributed by atoms with E-state index >= 15 is 0 Å². The molecular weight excluding hydrogens is 301 g/mol. The van der Waals surface area contributed by atoms with E-state index in [-0.39, 0.29) is 17.2 Å². The summed E-state index contributed by atoms with van der Waals surface area (Å²) in [5.41, 5.74) is 0.102. The molecular formula is C13H17BrFNO2. The fourth-order valence-corrected chi connectivity index (χ4v) is 1.85. The van der Waals surface area contributed by atoms with E-state index in [9.17, 15) is 14.3 Å². The van der Waals surface area contributed by atoms with Crippen molar-refractivity contribution in [3.63, 3.8) is 0 Å². The molecule has 1 rings (SSSR count). The minimum atomic E-state index is -0.560. The highest BCUT2D eigenvalue weighted by Crippen LogP contribution is 2.17. The van der Waals surface area contributed by atoms with Crippen LogP contribution in [0, 0.1) is 11.7 Å². The Morgan fingerprint density at radius 1 is 1.56 bits per heavy atom. The molecule has 0 bridgehead atoms. The lowest BCUT2D eigenvalue weighted by atomic mass is 10.1. The van der Waals surface area contributed by atoms with Gasteiger partial charge in [-0.3, -0.25) is 4.79 Å². The standard InChI is InChI=1S/C13H17BrFNO2/c1-9(8-14)3-2-6-16-13(18)11-5-4-10(15)7-12(11)17/h4-5,7,9,17H,2-3,6,8H2,1H3,(H,16,18). The highest BCUT2D eigenvalue weighted by Gasteiger charge is 2.11. The molecule has 0 spiro atoms. The summed E-state index contributed by atoms with van der Waals surface area (Å²) in [6, 6.07) is 3.37. The molecule has 0 radical (unpaired) electrons. The first-order chi connectivity index (χ1) is 8.54. The van der Waals surface area contributed by atoms with E-state index in [2.05, 4.69) is 28.2 Å². The maximum absolute atomic E-state index is 12.7. The Bertz CT molecular complexity index is 412. The molecule has 0 aliphatic carbocycles. The molecule has 18 heavy (non-hydrogen) atoms. The van der Waals surface area contributed by atoms with Crippen molar-refractivity contribution in [1.82, 2.24) is 5.32 Å². The number of phenolic OH excluding ortho intramolecular Hbond substituents is 1. The van der Waals surface area contributed by atoms with Crippen LogP contribution < -0.4 is 5.32 Å². The Balaban J connectivity index is 2.41. The molecule has 1 atom stereocenters. The summed E-state index contributed by atoms with van der Waals surface area (Å²) >= 11 is 3.39. The highest BCUT2D eigenvalue weighted by atomic mass is 79.9. The Kier molecular flexibility index (Phi) is 6.12. The highest BCUT2D eigenvalue weighted by molar-refractivity contribution is 9.09. The van der Waals surface area contributed by atoms with Gasteiger partial charge in [0, 0.05) is 17.9 Å². The van der Waals surface area contributed by atoms with Gasteiger partial charge in [-0.25, -0.2) is 4.39 Å². The Morgan fingerprint density at radius 2 is 2.28 bits per heavy atom. The van der Waals surface area contributed by atoms with Crippen molar-refractivity contribution in [2.45, 2.75) is 19.8 Å². The zero-order valence-electron chi connectivity index (χ0n) is 10.2. The van der Waals surface area contributed by atoms with E-state index < -0.39 is 5.82 Å². The van der Waals surface area contributed by atoms with Gasteiger partial charge in [-0.15, -0.1) is 0 Å². The number of benzene rings is 1. The number of nitrogens with one attached hydrogen (secondary N) is 1. The molecule has 1 aromatic rings. The number of alkyl halides is 1. The van der Waals surface area contributed by atoms with Gasteiger partial charge in [0.1, 0.15) is 11.6 Å². The van der Waals surface area contributed by atoms with Crippen LogP contribution in [0.5, 0.6) is 5.75 Å². The molecule has 1 aromatic carbocycles. The number of aromatic hydroxyl groups is 1. The van der Waals surface area contributed by atoms with E-state index in [1.54, 1.807) is 0 Å². The summed E-state index contributed by atoms with van der Waals surface area (Å²) in [7, 11) is 0. The van der Waals surface area contributed by atoms with Crippen molar-refractivity contribution in [1.29, 1.82) is 0 Å². The summed E-state index contributed by atoms with van der Waals surface area (Å²) < 4.78 is 12.7. The maximum Gasteiger partial charge on any atom is 0.255 e. The maximum atomic E-state index is 12.7. The quantitative estimate of drug-likeness (QED) is 0.625. The van der Waals surface area contributed by atoms with Crippen LogP contribution in [-0.2, 0) is 0 Å². The van der Waals surface area contributed by atoms with Crippen LogP contribution >= 0.6 is 15.9 Å². The molecule has 1 amide bonds. The van der Waals surface area contributed by atoms with Crippen LogP contribution in [0.25, 0.3) is 0 Å². The van der Waals surface area contributed by atoms with Crippen molar-refractivity contribution in [3.05, 3.63) is 29.6 Å². The monoisotopic (exact) mass is 317 g/mol. The van der Waals surface area contributed by atoms with Gasteiger partial charge in [0.15, 0.2) is 0 Å². The average Bonchev–Trinajstić information content (AvgIpc) is 2.34. The first kappa shape index (κ1) is 15.0. The first-order valence-electron chi connectivity index (χ1n) is 5.87. The third-order valence-electron chi connectivity index (χ3n) is 2.63. The predicted molar refractivity (Wildman–Crippen MR) is 72.6 cm³/mol. The molecule has 0 saturated heterocycles. The molecule has 2 N–H and O–H groups in total. The van der Waals surface area contributed by atoms with Gasteiger partial charge in [0.05, 0.1) is 5.56 Å². The molecule has 0 fully saturated rings.